The van der Waals surface area contributed by atoms with Gasteiger partial charge in [0.25, 0.3) is 0 Å². The Hall–Kier alpha value is -0.380. The Balaban J connectivity index is 3.02. The molecule has 2 nitrogen and oxygen atoms in total. The van der Waals surface area contributed by atoms with Gasteiger partial charge in [-0.05, 0) is 31.5 Å². The summed E-state index contributed by atoms with van der Waals surface area (Å²) in [6.45, 7) is 0. The Bertz CT molecular complexity index is 319. The van der Waals surface area contributed by atoms with E-state index in [1.54, 1.807) is 18.9 Å². The number of benzene rings is 1. The van der Waals surface area contributed by atoms with E-state index in [1.807, 2.05) is 25.2 Å². The Labute approximate surface area is 100 Å². The molecule has 0 aromatic heterocycles. The number of hydrogen-bond donors (Lipinski definition) is 1. The van der Waals surface area contributed by atoms with Gasteiger partial charge in [0.2, 0.25) is 0 Å². The molecule has 0 heterocycles. The van der Waals surface area contributed by atoms with Crippen LogP contribution in [0.2, 0.25) is 5.02 Å². The molecule has 84 valence electrons. The third kappa shape index (κ3) is 3.30. The number of rotatable bonds is 5. The van der Waals surface area contributed by atoms with Crippen molar-refractivity contribution in [2.45, 2.75) is 6.04 Å². The molecule has 0 fully saturated rings. The summed E-state index contributed by atoms with van der Waals surface area (Å²) in [7, 11) is 3.62. The fraction of sp³-hybridized carbons (Fsp3) is 0.455. The van der Waals surface area contributed by atoms with Crippen LogP contribution in [0.15, 0.2) is 18.2 Å². The van der Waals surface area contributed by atoms with Crippen LogP contribution >= 0.6 is 23.4 Å². The second-order valence-electron chi connectivity index (χ2n) is 3.18. The molecule has 4 heteroatoms. The molecule has 0 aliphatic carbocycles. The number of hydrogen-bond acceptors (Lipinski definition) is 3. The van der Waals surface area contributed by atoms with Crippen LogP contribution in [0, 0.1) is 0 Å². The maximum atomic E-state index is 5.98. The monoisotopic (exact) mass is 245 g/mol. The molecular formula is C11H16ClNOS. The van der Waals surface area contributed by atoms with E-state index in [0.29, 0.717) is 0 Å². The highest BCUT2D eigenvalue weighted by atomic mass is 35.5. The summed E-state index contributed by atoms with van der Waals surface area (Å²) in [6, 6.07) is 5.98. The molecule has 1 N–H and O–H groups in total. The Kier molecular flexibility index (Phi) is 5.29. The van der Waals surface area contributed by atoms with Crippen molar-refractivity contribution in [3.63, 3.8) is 0 Å². The first kappa shape index (κ1) is 12.7. The van der Waals surface area contributed by atoms with Crippen LogP contribution in [0.3, 0.4) is 0 Å². The van der Waals surface area contributed by atoms with Crippen molar-refractivity contribution in [3.05, 3.63) is 28.8 Å². The second kappa shape index (κ2) is 6.26. The van der Waals surface area contributed by atoms with E-state index in [-0.39, 0.29) is 6.04 Å². The smallest absolute Gasteiger partial charge is 0.123 e. The number of thioether (sulfide) groups is 1. The first-order chi connectivity index (χ1) is 7.22. The average molecular weight is 246 g/mol. The van der Waals surface area contributed by atoms with Gasteiger partial charge in [0.15, 0.2) is 0 Å². The third-order valence-electron chi connectivity index (χ3n) is 2.25. The highest BCUT2D eigenvalue weighted by molar-refractivity contribution is 7.98. The van der Waals surface area contributed by atoms with Gasteiger partial charge in [-0.2, -0.15) is 11.8 Å². The Morgan fingerprint density at radius 1 is 1.53 bits per heavy atom. The summed E-state index contributed by atoms with van der Waals surface area (Å²) < 4.78 is 5.32. The van der Waals surface area contributed by atoms with Gasteiger partial charge < -0.3 is 10.1 Å². The van der Waals surface area contributed by atoms with Crippen LogP contribution in [-0.4, -0.2) is 26.2 Å². The van der Waals surface area contributed by atoms with E-state index in [9.17, 15) is 0 Å². The topological polar surface area (TPSA) is 21.3 Å². The second-order valence-corrected chi connectivity index (χ2v) is 4.53. The summed E-state index contributed by atoms with van der Waals surface area (Å²) in [5, 5.41) is 4.00. The van der Waals surface area contributed by atoms with Crippen molar-refractivity contribution in [1.29, 1.82) is 0 Å². The molecule has 0 aliphatic rings. The summed E-state index contributed by atoms with van der Waals surface area (Å²) in [5.41, 5.74) is 1.11. The first-order valence-electron chi connectivity index (χ1n) is 4.72. The van der Waals surface area contributed by atoms with Gasteiger partial charge in [-0.3, -0.25) is 0 Å². The van der Waals surface area contributed by atoms with E-state index in [0.717, 1.165) is 22.1 Å². The van der Waals surface area contributed by atoms with Crippen molar-refractivity contribution >= 4 is 23.4 Å². The fourth-order valence-corrected chi connectivity index (χ4v) is 2.33. The fourth-order valence-electron chi connectivity index (χ4n) is 1.47. The summed E-state index contributed by atoms with van der Waals surface area (Å²) in [5.74, 6) is 1.88. The number of halogens is 1. The third-order valence-corrected chi connectivity index (χ3v) is 3.15. The highest BCUT2D eigenvalue weighted by Gasteiger charge is 2.14. The highest BCUT2D eigenvalue weighted by Crippen LogP contribution is 2.29. The number of nitrogens with one attached hydrogen (secondary N) is 1. The van der Waals surface area contributed by atoms with Crippen molar-refractivity contribution in [2.75, 3.05) is 26.2 Å². The zero-order valence-electron chi connectivity index (χ0n) is 9.21. The Morgan fingerprint density at radius 3 is 2.80 bits per heavy atom. The normalized spacial score (nSPS) is 12.5. The van der Waals surface area contributed by atoms with E-state index in [4.69, 9.17) is 16.3 Å². The lowest BCUT2D eigenvalue weighted by Crippen LogP contribution is -2.19. The van der Waals surface area contributed by atoms with Crippen LogP contribution in [0.4, 0.5) is 0 Å². The quantitative estimate of drug-likeness (QED) is 0.862. The maximum Gasteiger partial charge on any atom is 0.123 e. The molecule has 1 rings (SSSR count). The largest absolute Gasteiger partial charge is 0.496 e. The van der Waals surface area contributed by atoms with Gasteiger partial charge in [0, 0.05) is 22.4 Å². The molecule has 0 spiro atoms. The van der Waals surface area contributed by atoms with Crippen molar-refractivity contribution < 1.29 is 4.74 Å². The predicted octanol–water partition coefficient (Wildman–Crippen LogP) is 2.97. The van der Waals surface area contributed by atoms with Crippen LogP contribution in [0.1, 0.15) is 11.6 Å². The molecular weight excluding hydrogens is 230 g/mol. The van der Waals surface area contributed by atoms with E-state index < -0.39 is 0 Å². The van der Waals surface area contributed by atoms with Crippen molar-refractivity contribution in [2.24, 2.45) is 0 Å². The Morgan fingerprint density at radius 2 is 2.27 bits per heavy atom. The van der Waals surface area contributed by atoms with E-state index in [1.165, 1.54) is 0 Å². The molecule has 0 saturated carbocycles. The predicted molar refractivity (Wildman–Crippen MR) is 68.2 cm³/mol. The molecule has 0 radical (unpaired) electrons. The molecule has 15 heavy (non-hydrogen) atoms. The molecule has 0 bridgehead atoms. The molecule has 1 unspecified atom stereocenters. The van der Waals surface area contributed by atoms with Gasteiger partial charge in [-0.1, -0.05) is 11.6 Å². The lowest BCUT2D eigenvalue weighted by Gasteiger charge is -2.18. The zero-order chi connectivity index (χ0) is 11.3. The van der Waals surface area contributed by atoms with Gasteiger partial charge in [-0.25, -0.2) is 0 Å². The maximum absolute atomic E-state index is 5.98. The lowest BCUT2D eigenvalue weighted by molar-refractivity contribution is 0.404. The lowest BCUT2D eigenvalue weighted by atomic mass is 10.1. The number of ether oxygens (including phenoxy) is 1. The molecule has 1 aromatic rings. The van der Waals surface area contributed by atoms with Crippen LogP contribution in [0.5, 0.6) is 5.75 Å². The van der Waals surface area contributed by atoms with Gasteiger partial charge in [-0.15, -0.1) is 0 Å². The van der Waals surface area contributed by atoms with Crippen LogP contribution < -0.4 is 10.1 Å². The standard InChI is InChI=1S/C11H16ClNOS/c1-13-10(7-15-3)9-6-8(12)4-5-11(9)14-2/h4-6,10,13H,7H2,1-3H3. The van der Waals surface area contributed by atoms with Gasteiger partial charge in [0.05, 0.1) is 7.11 Å². The molecule has 1 aromatic carbocycles. The number of methoxy groups -OCH3 is 1. The SMILES string of the molecule is CNC(CSC)c1cc(Cl)ccc1OC. The van der Waals surface area contributed by atoms with Crippen LogP contribution in [-0.2, 0) is 0 Å². The summed E-state index contributed by atoms with van der Waals surface area (Å²) in [4.78, 5) is 0. The van der Waals surface area contributed by atoms with Crippen molar-refractivity contribution in [3.8, 4) is 5.75 Å². The van der Waals surface area contributed by atoms with Crippen LogP contribution in [0.25, 0.3) is 0 Å². The summed E-state index contributed by atoms with van der Waals surface area (Å²) >= 11 is 7.78. The minimum Gasteiger partial charge on any atom is -0.496 e. The minimum atomic E-state index is 0.272. The molecule has 0 saturated heterocycles. The molecule has 0 amide bonds. The van der Waals surface area contributed by atoms with E-state index in [2.05, 4.69) is 11.6 Å². The molecule has 1 atom stereocenters. The van der Waals surface area contributed by atoms with Gasteiger partial charge >= 0.3 is 0 Å². The summed E-state index contributed by atoms with van der Waals surface area (Å²) in [6.07, 6.45) is 2.08. The minimum absolute atomic E-state index is 0.272. The molecule has 0 aliphatic heterocycles. The zero-order valence-corrected chi connectivity index (χ0v) is 10.8. The van der Waals surface area contributed by atoms with E-state index >= 15 is 0 Å². The average Bonchev–Trinajstić information content (AvgIpc) is 2.26. The van der Waals surface area contributed by atoms with Crippen molar-refractivity contribution in [1.82, 2.24) is 5.32 Å². The van der Waals surface area contributed by atoms with Gasteiger partial charge in [0.1, 0.15) is 5.75 Å². The first-order valence-corrected chi connectivity index (χ1v) is 6.49.